The van der Waals surface area contributed by atoms with E-state index in [1.54, 1.807) is 0 Å². The Balaban J connectivity index is 2.53. The molecule has 1 aromatic rings. The lowest BCUT2D eigenvalue weighted by atomic mass is 10.3. The van der Waals surface area contributed by atoms with E-state index < -0.39 is 5.82 Å². The van der Waals surface area contributed by atoms with Crippen LogP contribution in [0.4, 0.5) is 10.1 Å². The van der Waals surface area contributed by atoms with Gasteiger partial charge in [0.15, 0.2) is 5.12 Å². The lowest BCUT2D eigenvalue weighted by Crippen LogP contribution is -1.94. The van der Waals surface area contributed by atoms with E-state index in [9.17, 15) is 9.18 Å². The number of anilines is 1. The van der Waals surface area contributed by atoms with Crippen molar-refractivity contribution in [3.8, 4) is 11.8 Å². The van der Waals surface area contributed by atoms with E-state index in [0.717, 1.165) is 6.20 Å². The van der Waals surface area contributed by atoms with Gasteiger partial charge in [-0.1, -0.05) is 17.7 Å². The summed E-state index contributed by atoms with van der Waals surface area (Å²) < 4.78 is 12.6. The second-order valence-electron chi connectivity index (χ2n) is 2.98. The van der Waals surface area contributed by atoms with Crippen molar-refractivity contribution in [1.29, 1.82) is 0 Å². The number of carbonyl (C=O) groups is 1. The number of aromatic nitrogens is 1. The van der Waals surface area contributed by atoms with Crippen molar-refractivity contribution in [1.82, 2.24) is 4.98 Å². The van der Waals surface area contributed by atoms with Crippen molar-refractivity contribution in [2.24, 2.45) is 0 Å². The Hall–Kier alpha value is -1.54. The molecule has 0 amide bonds. The fourth-order valence-corrected chi connectivity index (χ4v) is 1.44. The summed E-state index contributed by atoms with van der Waals surface area (Å²) in [6.45, 7) is 1.51. The highest BCUT2D eigenvalue weighted by Gasteiger charge is 1.98. The molecule has 0 aromatic carbocycles. The number of hydrogen-bond donors (Lipinski definition) is 1. The predicted molar refractivity (Wildman–Crippen MR) is 63.2 cm³/mol. The van der Waals surface area contributed by atoms with Crippen LogP contribution in [0.3, 0.4) is 0 Å². The summed E-state index contributed by atoms with van der Waals surface area (Å²) in [5.74, 6) is 5.73. The molecule has 0 spiro atoms. The number of pyridine rings is 1. The minimum atomic E-state index is -0.477. The number of nitrogens with two attached hydrogens (primary N) is 1. The highest BCUT2D eigenvalue weighted by molar-refractivity contribution is 8.13. The zero-order valence-electron chi connectivity index (χ0n) is 8.79. The third-order valence-electron chi connectivity index (χ3n) is 1.62. The van der Waals surface area contributed by atoms with Crippen molar-refractivity contribution >= 4 is 22.6 Å². The van der Waals surface area contributed by atoms with Gasteiger partial charge < -0.3 is 5.73 Å². The van der Waals surface area contributed by atoms with Gasteiger partial charge in [0.05, 0.1) is 11.9 Å². The van der Waals surface area contributed by atoms with Crippen molar-refractivity contribution in [2.75, 3.05) is 11.5 Å². The van der Waals surface area contributed by atoms with E-state index in [2.05, 4.69) is 16.8 Å². The summed E-state index contributed by atoms with van der Waals surface area (Å²) in [6, 6.07) is 1.18. The summed E-state index contributed by atoms with van der Waals surface area (Å²) >= 11 is 1.22. The highest BCUT2D eigenvalue weighted by Crippen LogP contribution is 2.08. The first-order chi connectivity index (χ1) is 7.59. The lowest BCUT2D eigenvalue weighted by molar-refractivity contribution is -0.109. The highest BCUT2D eigenvalue weighted by atomic mass is 32.2. The Morgan fingerprint density at radius 2 is 2.44 bits per heavy atom. The average Bonchev–Trinajstić information content (AvgIpc) is 2.20. The maximum Gasteiger partial charge on any atom is 0.185 e. The number of halogens is 1. The van der Waals surface area contributed by atoms with Gasteiger partial charge >= 0.3 is 0 Å². The normalized spacial score (nSPS) is 9.38. The van der Waals surface area contributed by atoms with Gasteiger partial charge in [-0.3, -0.25) is 4.79 Å². The monoisotopic (exact) mass is 238 g/mol. The van der Waals surface area contributed by atoms with Crippen LogP contribution in [-0.2, 0) is 4.79 Å². The molecule has 1 rings (SSSR count). The molecule has 1 heterocycles. The van der Waals surface area contributed by atoms with E-state index in [4.69, 9.17) is 5.73 Å². The summed E-state index contributed by atoms with van der Waals surface area (Å²) in [7, 11) is 0. The van der Waals surface area contributed by atoms with Gasteiger partial charge in [0.1, 0.15) is 11.5 Å². The zero-order valence-corrected chi connectivity index (χ0v) is 9.60. The maximum atomic E-state index is 12.6. The fraction of sp³-hybridized carbons (Fsp3) is 0.273. The van der Waals surface area contributed by atoms with Crippen LogP contribution < -0.4 is 5.73 Å². The third kappa shape index (κ3) is 4.32. The number of thioether (sulfide) groups is 1. The molecule has 0 aliphatic carbocycles. The average molecular weight is 238 g/mol. The molecule has 84 valence electrons. The molecule has 0 fully saturated rings. The van der Waals surface area contributed by atoms with Crippen LogP contribution in [0.2, 0.25) is 0 Å². The molecule has 0 unspecified atom stereocenters. The zero-order chi connectivity index (χ0) is 12.0. The van der Waals surface area contributed by atoms with Crippen molar-refractivity contribution < 1.29 is 9.18 Å². The van der Waals surface area contributed by atoms with Crippen LogP contribution >= 0.6 is 11.8 Å². The smallest absolute Gasteiger partial charge is 0.185 e. The SMILES string of the molecule is CC(=O)SCCC#Cc1ncc(F)cc1N. The van der Waals surface area contributed by atoms with E-state index in [1.807, 2.05) is 0 Å². The quantitative estimate of drug-likeness (QED) is 0.630. The summed E-state index contributed by atoms with van der Waals surface area (Å²) in [6.07, 6.45) is 1.65. The molecule has 5 heteroatoms. The number of nitrogen functional groups attached to an aromatic ring is 1. The van der Waals surface area contributed by atoms with Crippen LogP contribution in [0, 0.1) is 17.7 Å². The first kappa shape index (κ1) is 12.5. The Labute approximate surface area is 97.6 Å². The minimum absolute atomic E-state index is 0.0706. The second kappa shape index (κ2) is 6.13. The molecule has 0 bridgehead atoms. The molecule has 0 aliphatic heterocycles. The van der Waals surface area contributed by atoms with Gasteiger partial charge in [-0.05, 0) is 5.92 Å². The number of rotatable bonds is 2. The summed E-state index contributed by atoms with van der Waals surface area (Å²) in [5, 5.41) is 0.0706. The van der Waals surface area contributed by atoms with Crippen LogP contribution in [0.5, 0.6) is 0 Å². The van der Waals surface area contributed by atoms with E-state index in [1.165, 1.54) is 24.8 Å². The van der Waals surface area contributed by atoms with E-state index in [0.29, 0.717) is 17.9 Å². The first-order valence-electron chi connectivity index (χ1n) is 4.63. The van der Waals surface area contributed by atoms with Crippen LogP contribution in [0.15, 0.2) is 12.3 Å². The number of carbonyl (C=O) groups excluding carboxylic acids is 1. The molecule has 0 atom stereocenters. The molecule has 0 saturated carbocycles. The summed E-state index contributed by atoms with van der Waals surface area (Å²) in [4.78, 5) is 14.4. The number of nitrogens with zero attached hydrogens (tertiary/aromatic N) is 1. The van der Waals surface area contributed by atoms with Crippen LogP contribution in [0.1, 0.15) is 19.0 Å². The Morgan fingerprint density at radius 1 is 1.69 bits per heavy atom. The molecule has 0 aliphatic rings. The van der Waals surface area contributed by atoms with Crippen LogP contribution in [0.25, 0.3) is 0 Å². The lowest BCUT2D eigenvalue weighted by Gasteiger charge is -1.95. The van der Waals surface area contributed by atoms with E-state index >= 15 is 0 Å². The molecule has 2 N–H and O–H groups in total. The van der Waals surface area contributed by atoms with Gasteiger partial charge in [0.25, 0.3) is 0 Å². The predicted octanol–water partition coefficient (Wildman–Crippen LogP) is 1.82. The molecular formula is C11H11FN2OS. The molecular weight excluding hydrogens is 227 g/mol. The van der Waals surface area contributed by atoms with Crippen LogP contribution in [-0.4, -0.2) is 15.9 Å². The van der Waals surface area contributed by atoms with Gasteiger partial charge in [-0.15, -0.1) is 0 Å². The Morgan fingerprint density at radius 3 is 3.06 bits per heavy atom. The minimum Gasteiger partial charge on any atom is -0.396 e. The van der Waals surface area contributed by atoms with Crippen molar-refractivity contribution in [3.63, 3.8) is 0 Å². The van der Waals surface area contributed by atoms with Crippen molar-refractivity contribution in [3.05, 3.63) is 23.8 Å². The largest absolute Gasteiger partial charge is 0.396 e. The molecule has 0 saturated heterocycles. The van der Waals surface area contributed by atoms with Gasteiger partial charge in [-0.2, -0.15) is 0 Å². The molecule has 0 radical (unpaired) electrons. The Kier molecular flexibility index (Phi) is 4.80. The standard InChI is InChI=1S/C11H11FN2OS/c1-8(15)16-5-3-2-4-11-10(13)6-9(12)7-14-11/h6-7H,3,5,13H2,1H3. The maximum absolute atomic E-state index is 12.6. The molecule has 3 nitrogen and oxygen atoms in total. The number of hydrogen-bond acceptors (Lipinski definition) is 4. The van der Waals surface area contributed by atoms with Crippen molar-refractivity contribution in [2.45, 2.75) is 13.3 Å². The molecule has 1 aromatic heterocycles. The first-order valence-corrected chi connectivity index (χ1v) is 5.61. The second-order valence-corrected chi connectivity index (χ2v) is 4.26. The molecule has 16 heavy (non-hydrogen) atoms. The Bertz CT molecular complexity index is 451. The van der Waals surface area contributed by atoms with Gasteiger partial charge in [0, 0.05) is 25.2 Å². The van der Waals surface area contributed by atoms with Gasteiger partial charge in [-0.25, -0.2) is 9.37 Å². The summed E-state index contributed by atoms with van der Waals surface area (Å²) in [5.41, 5.74) is 6.12. The third-order valence-corrected chi connectivity index (χ3v) is 2.44. The topological polar surface area (TPSA) is 56.0 Å². The van der Waals surface area contributed by atoms with Gasteiger partial charge in [0.2, 0.25) is 0 Å². The van der Waals surface area contributed by atoms with E-state index in [-0.39, 0.29) is 10.8 Å². The fourth-order valence-electron chi connectivity index (χ4n) is 0.951.